The molecule has 2 aromatic rings. The summed E-state index contributed by atoms with van der Waals surface area (Å²) in [6.07, 6.45) is 6.80. The number of benzene rings is 1. The van der Waals surface area contributed by atoms with Crippen molar-refractivity contribution in [3.63, 3.8) is 0 Å². The third kappa shape index (κ3) is 3.69. The van der Waals surface area contributed by atoms with E-state index in [0.717, 1.165) is 50.5 Å². The average molecular weight is 415 g/mol. The molecule has 1 N–H and O–H groups in total. The number of amidine groups is 1. The van der Waals surface area contributed by atoms with Crippen LogP contribution in [0.5, 0.6) is 0 Å². The maximum Gasteiger partial charge on any atom is 0.286 e. The number of aromatic nitrogens is 3. The molecule has 4 heterocycles. The highest BCUT2D eigenvalue weighted by atomic mass is 32.2. The molecule has 3 aliphatic heterocycles. The summed E-state index contributed by atoms with van der Waals surface area (Å²) in [5.41, 5.74) is 0.605. The minimum Gasteiger partial charge on any atom is -0.341 e. The van der Waals surface area contributed by atoms with Crippen LogP contribution in [0, 0.1) is 0 Å². The standard InChI is InChI=1S/C20H26N6O2S/c27-29(28)17-9-4-3-8-16(17)21-18(24-29)14-25-11-6-7-15(13-25)20-23-22-19-10-2-1-5-12-26(19)20/h3-4,8-9,15H,1-2,5-7,10-14H2,(H,21,24). The first-order chi connectivity index (χ1) is 14.1. The number of nitrogens with zero attached hydrogens (tertiary/aromatic N) is 5. The molecular weight excluding hydrogens is 388 g/mol. The number of sulfonamides is 1. The highest BCUT2D eigenvalue weighted by molar-refractivity contribution is 7.90. The van der Waals surface area contributed by atoms with Crippen molar-refractivity contribution in [2.75, 3.05) is 25.0 Å². The lowest BCUT2D eigenvalue weighted by atomic mass is 9.97. The van der Waals surface area contributed by atoms with Gasteiger partial charge in [-0.1, -0.05) is 18.6 Å². The fourth-order valence-corrected chi connectivity index (χ4v) is 5.81. The first-order valence-electron chi connectivity index (χ1n) is 10.4. The number of nitrogens with one attached hydrogen (secondary N) is 1. The first-order valence-corrected chi connectivity index (χ1v) is 11.9. The summed E-state index contributed by atoms with van der Waals surface area (Å²) in [5.74, 6) is 3.04. The second kappa shape index (κ2) is 7.53. The Morgan fingerprint density at radius 1 is 1.07 bits per heavy atom. The summed E-state index contributed by atoms with van der Waals surface area (Å²) in [4.78, 5) is 2.52. The van der Waals surface area contributed by atoms with Gasteiger partial charge in [-0.25, -0.2) is 0 Å². The van der Waals surface area contributed by atoms with E-state index >= 15 is 0 Å². The van der Waals surface area contributed by atoms with Gasteiger partial charge in [0, 0.05) is 25.4 Å². The molecule has 0 amide bonds. The minimum absolute atomic E-state index is 0.242. The number of fused-ring (bicyclic) bond motifs is 2. The number of rotatable bonds is 3. The zero-order chi connectivity index (χ0) is 19.8. The predicted octanol–water partition coefficient (Wildman–Crippen LogP) is 2.40. The van der Waals surface area contributed by atoms with Crippen LogP contribution in [-0.4, -0.2) is 53.6 Å². The van der Waals surface area contributed by atoms with Crippen molar-refractivity contribution in [2.24, 2.45) is 4.40 Å². The summed E-state index contributed by atoms with van der Waals surface area (Å²) in [6, 6.07) is 6.92. The van der Waals surface area contributed by atoms with Crippen molar-refractivity contribution in [2.45, 2.75) is 55.9 Å². The van der Waals surface area contributed by atoms with E-state index in [1.165, 1.54) is 19.3 Å². The molecule has 3 aliphatic rings. The molecule has 1 atom stereocenters. The quantitative estimate of drug-likeness (QED) is 0.829. The largest absolute Gasteiger partial charge is 0.341 e. The smallest absolute Gasteiger partial charge is 0.286 e. The molecule has 154 valence electrons. The molecule has 0 aliphatic carbocycles. The van der Waals surface area contributed by atoms with Crippen LogP contribution in [0.4, 0.5) is 5.69 Å². The Morgan fingerprint density at radius 3 is 2.90 bits per heavy atom. The van der Waals surface area contributed by atoms with Gasteiger partial charge >= 0.3 is 0 Å². The summed E-state index contributed by atoms with van der Waals surface area (Å²) < 4.78 is 31.4. The summed E-state index contributed by atoms with van der Waals surface area (Å²) in [6.45, 7) is 3.28. The van der Waals surface area contributed by atoms with E-state index in [9.17, 15) is 8.42 Å². The number of anilines is 1. The molecule has 0 spiro atoms. The third-order valence-electron chi connectivity index (χ3n) is 6.06. The number of hydrogen-bond acceptors (Lipinski definition) is 6. The lowest BCUT2D eigenvalue weighted by Crippen LogP contribution is -2.41. The molecule has 1 aromatic carbocycles. The van der Waals surface area contributed by atoms with Crippen LogP contribution in [0.25, 0.3) is 0 Å². The highest BCUT2D eigenvalue weighted by Crippen LogP contribution is 2.30. The maximum atomic E-state index is 12.5. The summed E-state index contributed by atoms with van der Waals surface area (Å²) in [5, 5.41) is 12.2. The van der Waals surface area contributed by atoms with Gasteiger partial charge in [0.05, 0.1) is 12.2 Å². The van der Waals surface area contributed by atoms with Crippen LogP contribution < -0.4 is 5.32 Å². The van der Waals surface area contributed by atoms with E-state index < -0.39 is 10.0 Å². The molecule has 9 heteroatoms. The Balaban J connectivity index is 1.33. The lowest BCUT2D eigenvalue weighted by Gasteiger charge is -2.33. The monoisotopic (exact) mass is 414 g/mol. The van der Waals surface area contributed by atoms with Crippen LogP contribution in [-0.2, 0) is 23.0 Å². The second-order valence-electron chi connectivity index (χ2n) is 8.15. The van der Waals surface area contributed by atoms with E-state index in [2.05, 4.69) is 29.4 Å². The molecule has 0 radical (unpaired) electrons. The molecule has 5 rings (SSSR count). The zero-order valence-electron chi connectivity index (χ0n) is 16.4. The van der Waals surface area contributed by atoms with Crippen molar-refractivity contribution in [1.29, 1.82) is 0 Å². The lowest BCUT2D eigenvalue weighted by molar-refractivity contribution is 0.226. The maximum absolute atomic E-state index is 12.5. The fraction of sp³-hybridized carbons (Fsp3) is 0.550. The van der Waals surface area contributed by atoms with E-state index in [1.807, 2.05) is 6.07 Å². The van der Waals surface area contributed by atoms with Crippen molar-refractivity contribution >= 4 is 21.5 Å². The van der Waals surface area contributed by atoms with Crippen molar-refractivity contribution in [3.05, 3.63) is 35.9 Å². The van der Waals surface area contributed by atoms with Gasteiger partial charge in [0.2, 0.25) is 0 Å². The highest BCUT2D eigenvalue weighted by Gasteiger charge is 2.30. The number of likely N-dealkylation sites (tertiary alicyclic amines) is 1. The van der Waals surface area contributed by atoms with Gasteiger partial charge in [0.15, 0.2) is 0 Å². The van der Waals surface area contributed by atoms with Crippen LogP contribution in [0.3, 0.4) is 0 Å². The molecule has 8 nitrogen and oxygen atoms in total. The Bertz CT molecular complexity index is 1040. The SMILES string of the molecule is O=S1(=O)N=C(CN2CCCC(c3nnc4n3CCCCC4)C2)Nc2ccccc21. The molecular formula is C20H26N6O2S. The molecule has 1 saturated heterocycles. The normalized spacial score (nSPS) is 24.0. The van der Waals surface area contributed by atoms with E-state index in [1.54, 1.807) is 18.2 Å². The third-order valence-corrected chi connectivity index (χ3v) is 7.43. The van der Waals surface area contributed by atoms with Crippen molar-refractivity contribution in [3.8, 4) is 0 Å². The van der Waals surface area contributed by atoms with Crippen LogP contribution in [0.15, 0.2) is 33.6 Å². The van der Waals surface area contributed by atoms with E-state index in [4.69, 9.17) is 0 Å². The van der Waals surface area contributed by atoms with Crippen LogP contribution >= 0.6 is 0 Å². The van der Waals surface area contributed by atoms with Crippen molar-refractivity contribution in [1.82, 2.24) is 19.7 Å². The molecule has 1 aromatic heterocycles. The first kappa shape index (κ1) is 18.7. The molecule has 1 fully saturated rings. The van der Waals surface area contributed by atoms with Gasteiger partial charge in [-0.3, -0.25) is 4.90 Å². The predicted molar refractivity (Wildman–Crippen MR) is 111 cm³/mol. The molecule has 1 unspecified atom stereocenters. The van der Waals surface area contributed by atoms with Crippen LogP contribution in [0.2, 0.25) is 0 Å². The van der Waals surface area contributed by atoms with Gasteiger partial charge in [-0.2, -0.15) is 8.42 Å². The van der Waals surface area contributed by atoms with Gasteiger partial charge < -0.3 is 9.88 Å². The number of piperidine rings is 1. The number of aryl methyl sites for hydroxylation is 1. The zero-order valence-corrected chi connectivity index (χ0v) is 17.2. The van der Waals surface area contributed by atoms with Gasteiger partial charge in [0.1, 0.15) is 22.4 Å². The Hall–Kier alpha value is -2.26. The summed E-state index contributed by atoms with van der Waals surface area (Å²) >= 11 is 0. The Labute approximate surface area is 171 Å². The molecule has 0 bridgehead atoms. The average Bonchev–Trinajstić information content (AvgIpc) is 2.96. The van der Waals surface area contributed by atoms with E-state index in [0.29, 0.717) is 24.0 Å². The Morgan fingerprint density at radius 2 is 1.97 bits per heavy atom. The Kier molecular flexibility index (Phi) is 4.87. The minimum atomic E-state index is -3.64. The molecule has 0 saturated carbocycles. The number of hydrogen-bond donors (Lipinski definition) is 1. The van der Waals surface area contributed by atoms with Gasteiger partial charge in [-0.05, 0) is 44.4 Å². The second-order valence-corrected chi connectivity index (χ2v) is 9.72. The van der Waals surface area contributed by atoms with Crippen LogP contribution in [0.1, 0.15) is 49.7 Å². The van der Waals surface area contributed by atoms with E-state index in [-0.39, 0.29) is 4.90 Å². The topological polar surface area (TPSA) is 92.5 Å². The summed E-state index contributed by atoms with van der Waals surface area (Å²) in [7, 11) is -3.64. The van der Waals surface area contributed by atoms with Gasteiger partial charge in [-0.15, -0.1) is 14.6 Å². The number of para-hydroxylation sites is 1. The van der Waals surface area contributed by atoms with Gasteiger partial charge in [0.25, 0.3) is 10.0 Å². The van der Waals surface area contributed by atoms with Crippen molar-refractivity contribution < 1.29 is 8.42 Å². The molecule has 29 heavy (non-hydrogen) atoms. The fourth-order valence-electron chi connectivity index (χ4n) is 4.67.